The molecule has 4 rings (SSSR count). The number of nitrogens with one attached hydrogen (secondary N) is 1. The molecular weight excluding hydrogens is 627 g/mol. The number of hydrogen-bond donors (Lipinski definition) is 2. The summed E-state index contributed by atoms with van der Waals surface area (Å²) >= 11 is 1.53. The van der Waals surface area contributed by atoms with Gasteiger partial charge in [-0.1, -0.05) is 58.0 Å². The Balaban J connectivity index is 1.57. The van der Waals surface area contributed by atoms with Gasteiger partial charge < -0.3 is 24.8 Å². The quantitative estimate of drug-likeness (QED) is 0.253. The molecule has 0 bridgehead atoms. The molecule has 1 saturated heterocycles. The van der Waals surface area contributed by atoms with Crippen molar-refractivity contribution in [2.75, 3.05) is 26.2 Å². The number of sulfonamides is 1. The highest BCUT2D eigenvalue weighted by molar-refractivity contribution is 7.89. The number of imidazole rings is 1. The fraction of sp³-hybridized carbons (Fsp3) is 0.562. The van der Waals surface area contributed by atoms with Crippen LogP contribution in [0.2, 0.25) is 0 Å². The molecule has 0 saturated carbocycles. The molecule has 1 aromatic carbocycles. The van der Waals surface area contributed by atoms with Crippen molar-refractivity contribution in [2.45, 2.75) is 77.7 Å². The van der Waals surface area contributed by atoms with E-state index in [2.05, 4.69) is 15.3 Å². The smallest absolute Gasteiger partial charge is 0.321 e. The number of aliphatic hydroxyl groups is 1. The summed E-state index contributed by atoms with van der Waals surface area (Å²) in [6.45, 7) is 12.4. The molecule has 3 atom stereocenters. The number of urea groups is 1. The van der Waals surface area contributed by atoms with E-state index in [-0.39, 0.29) is 42.4 Å². The third kappa shape index (κ3) is 8.52. The monoisotopic (exact) mass is 673 g/mol. The Morgan fingerprint density at radius 2 is 1.78 bits per heavy atom. The Bertz CT molecular complexity index is 1570. The number of nitrogens with zero attached hydrogens (tertiary/aromatic N) is 6. The maximum Gasteiger partial charge on any atom is 0.321 e. The number of aryl methyl sites for hydroxylation is 3. The fourth-order valence-electron chi connectivity index (χ4n) is 5.70. The second kappa shape index (κ2) is 15.1. The van der Waals surface area contributed by atoms with Crippen LogP contribution >= 0.6 is 11.3 Å². The maximum atomic E-state index is 14.0. The lowest BCUT2D eigenvalue weighted by atomic mass is 9.97. The van der Waals surface area contributed by atoms with Gasteiger partial charge in [0.1, 0.15) is 11.9 Å². The molecule has 1 aliphatic heterocycles. The minimum absolute atomic E-state index is 0.0309. The first-order valence-corrected chi connectivity index (χ1v) is 18.0. The first kappa shape index (κ1) is 35.5. The first-order chi connectivity index (χ1) is 21.7. The molecule has 0 aliphatic carbocycles. The van der Waals surface area contributed by atoms with Crippen LogP contribution in [0.4, 0.5) is 4.79 Å². The van der Waals surface area contributed by atoms with Gasteiger partial charge in [0, 0.05) is 44.8 Å². The Hall–Kier alpha value is -3.33. The van der Waals surface area contributed by atoms with E-state index in [9.17, 15) is 23.1 Å². The second-order valence-corrected chi connectivity index (χ2v) is 15.7. The number of thiazole rings is 1. The summed E-state index contributed by atoms with van der Waals surface area (Å²) in [4.78, 5) is 39.5. The van der Waals surface area contributed by atoms with Gasteiger partial charge in [0.05, 0.1) is 29.4 Å². The zero-order valence-corrected chi connectivity index (χ0v) is 29.4. The molecule has 0 unspecified atom stereocenters. The van der Waals surface area contributed by atoms with Crippen molar-refractivity contribution in [1.82, 2.24) is 34.0 Å². The van der Waals surface area contributed by atoms with Gasteiger partial charge in [-0.3, -0.25) is 4.79 Å². The van der Waals surface area contributed by atoms with Crippen molar-refractivity contribution in [2.24, 2.45) is 18.9 Å². The number of carbonyl (C=O) groups is 2. The van der Waals surface area contributed by atoms with E-state index in [0.29, 0.717) is 25.5 Å². The molecule has 1 aliphatic rings. The van der Waals surface area contributed by atoms with E-state index in [1.54, 1.807) is 28.3 Å². The fourth-order valence-corrected chi connectivity index (χ4v) is 7.95. The minimum atomic E-state index is -4.04. The van der Waals surface area contributed by atoms with Crippen LogP contribution in [-0.2, 0) is 34.8 Å². The Morgan fingerprint density at radius 1 is 1.09 bits per heavy atom. The van der Waals surface area contributed by atoms with Gasteiger partial charge in [0.15, 0.2) is 5.03 Å². The Kier molecular flexibility index (Phi) is 11.6. The van der Waals surface area contributed by atoms with E-state index in [1.807, 2.05) is 70.3 Å². The zero-order chi connectivity index (χ0) is 33.8. The topological polar surface area (TPSA) is 141 Å². The summed E-state index contributed by atoms with van der Waals surface area (Å²) in [5.74, 6) is -0.0932. The largest absolute Gasteiger partial charge is 0.390 e. The van der Waals surface area contributed by atoms with E-state index >= 15 is 0 Å². The summed E-state index contributed by atoms with van der Waals surface area (Å²) in [6.07, 6.45) is 0.473. The second-order valence-electron chi connectivity index (χ2n) is 12.8. The van der Waals surface area contributed by atoms with Gasteiger partial charge >= 0.3 is 6.03 Å². The lowest BCUT2D eigenvalue weighted by Gasteiger charge is -2.34. The van der Waals surface area contributed by atoms with Crippen molar-refractivity contribution >= 4 is 33.3 Å². The average molecular weight is 674 g/mol. The van der Waals surface area contributed by atoms with Gasteiger partial charge in [-0.2, -0.15) is 4.31 Å². The molecule has 252 valence electrons. The van der Waals surface area contributed by atoms with Gasteiger partial charge in [-0.05, 0) is 37.7 Å². The lowest BCUT2D eigenvalue weighted by molar-refractivity contribution is -0.128. The summed E-state index contributed by atoms with van der Waals surface area (Å²) in [6, 6.07) is 7.56. The molecule has 3 heterocycles. The molecule has 3 aromatic rings. The predicted octanol–water partition coefficient (Wildman–Crippen LogP) is 3.19. The summed E-state index contributed by atoms with van der Waals surface area (Å²) in [7, 11) is -2.32. The number of benzene rings is 1. The highest BCUT2D eigenvalue weighted by atomic mass is 32.2. The molecule has 1 fully saturated rings. The van der Waals surface area contributed by atoms with Crippen molar-refractivity contribution in [1.29, 1.82) is 0 Å². The first-order valence-electron chi connectivity index (χ1n) is 15.7. The third-order valence-corrected chi connectivity index (χ3v) is 10.6. The van der Waals surface area contributed by atoms with Gasteiger partial charge in [-0.15, -0.1) is 11.3 Å². The molecule has 0 spiro atoms. The third-order valence-electron chi connectivity index (χ3n) is 8.12. The van der Waals surface area contributed by atoms with Crippen LogP contribution in [0.15, 0.2) is 46.9 Å². The maximum absolute atomic E-state index is 14.0. The van der Waals surface area contributed by atoms with Gasteiger partial charge in [-0.25, -0.2) is 23.2 Å². The molecular formula is C32H47N7O5S2. The Labute approximate surface area is 276 Å². The number of amides is 3. The van der Waals surface area contributed by atoms with E-state index in [0.717, 1.165) is 16.3 Å². The lowest BCUT2D eigenvalue weighted by Crippen LogP contribution is -2.57. The van der Waals surface area contributed by atoms with Crippen molar-refractivity contribution in [3.63, 3.8) is 0 Å². The van der Waals surface area contributed by atoms with Crippen molar-refractivity contribution in [3.05, 3.63) is 64.0 Å². The number of aliphatic hydroxyl groups excluding tert-OH is 1. The van der Waals surface area contributed by atoms with Crippen LogP contribution in [0.5, 0.6) is 0 Å². The summed E-state index contributed by atoms with van der Waals surface area (Å²) in [5, 5.41) is 17.5. The average Bonchev–Trinajstić information content (AvgIpc) is 3.67. The number of rotatable bonds is 15. The summed E-state index contributed by atoms with van der Waals surface area (Å²) in [5.41, 5.74) is 1.68. The van der Waals surface area contributed by atoms with Crippen molar-refractivity contribution < 1.29 is 23.1 Å². The van der Waals surface area contributed by atoms with Crippen LogP contribution in [0, 0.1) is 25.7 Å². The molecule has 3 amide bonds. The van der Waals surface area contributed by atoms with E-state index in [4.69, 9.17) is 0 Å². The highest BCUT2D eigenvalue weighted by Crippen LogP contribution is 2.23. The molecule has 14 heteroatoms. The minimum Gasteiger partial charge on any atom is -0.390 e. The van der Waals surface area contributed by atoms with Gasteiger partial charge in [0.2, 0.25) is 5.91 Å². The number of aromatic nitrogens is 3. The van der Waals surface area contributed by atoms with E-state index in [1.165, 1.54) is 21.8 Å². The Morgan fingerprint density at radius 3 is 2.35 bits per heavy atom. The van der Waals surface area contributed by atoms with Gasteiger partial charge in [0.25, 0.3) is 10.0 Å². The normalized spacial score (nSPS) is 16.1. The predicted molar refractivity (Wildman–Crippen MR) is 178 cm³/mol. The van der Waals surface area contributed by atoms with E-state index < -0.39 is 34.1 Å². The molecule has 12 nitrogen and oxygen atoms in total. The van der Waals surface area contributed by atoms with Crippen LogP contribution in [-0.4, -0.2) is 98.5 Å². The standard InChI is InChI=1S/C32H47N7O5S2/c1-21(2)16-38(46(43,44)29-19-36(7)23(5)33-29)18-28(40)27(15-25-11-9-8-10-12-25)35-31(41)30(22(3)4)39-14-13-37(32(39)42)17-26-20-45-24(6)34-26/h8-12,19-22,27-28,30,40H,13-18H2,1-7H3,(H,35,41)/t27-,28+,30-/m0/s1. The number of carbonyl (C=O) groups excluding carboxylic acids is 2. The SMILES string of the molecule is Cc1nc(CN2CCN([C@H](C(=O)N[C@@H](Cc3ccccc3)[C@H](O)CN(CC(C)C)S(=O)(=O)c3cn(C)c(C)n3)C(C)C)C2=O)cs1. The van der Waals surface area contributed by atoms with Crippen molar-refractivity contribution in [3.8, 4) is 0 Å². The molecule has 2 N–H and O–H groups in total. The highest BCUT2D eigenvalue weighted by Gasteiger charge is 2.41. The van der Waals surface area contributed by atoms with Crippen LogP contribution in [0.25, 0.3) is 0 Å². The molecule has 2 aromatic heterocycles. The van der Waals surface area contributed by atoms with Crippen LogP contribution < -0.4 is 5.32 Å². The molecule has 46 heavy (non-hydrogen) atoms. The molecule has 0 radical (unpaired) electrons. The summed E-state index contributed by atoms with van der Waals surface area (Å²) < 4.78 is 30.4. The van der Waals surface area contributed by atoms with Crippen LogP contribution in [0.1, 0.15) is 49.8 Å². The number of hydrogen-bond acceptors (Lipinski definition) is 8. The zero-order valence-electron chi connectivity index (χ0n) is 27.8. The van der Waals surface area contributed by atoms with Crippen LogP contribution in [0.3, 0.4) is 0 Å².